The molecule has 142 heavy (non-hydrogen) atoms. The van der Waals surface area contributed by atoms with Crippen LogP contribution in [-0.4, -0.2) is 178 Å². The molecule has 2 aliphatic rings. The number of aryl methyl sites for hydroxylation is 2. The zero-order chi connectivity index (χ0) is 102. The number of fused-ring (bicyclic) bond motifs is 6. The van der Waals surface area contributed by atoms with E-state index in [9.17, 15) is 75.9 Å². The van der Waals surface area contributed by atoms with Crippen LogP contribution < -0.4 is 47.2 Å². The fourth-order valence-electron chi connectivity index (χ4n) is 15.6. The first-order chi connectivity index (χ1) is 67.2. The van der Waals surface area contributed by atoms with E-state index in [1.54, 1.807) is 91.0 Å². The van der Waals surface area contributed by atoms with Crippen LogP contribution in [0.1, 0.15) is 75.1 Å². The lowest BCUT2D eigenvalue weighted by molar-refractivity contribution is 0.102. The third-order valence-corrected chi connectivity index (χ3v) is 24.8. The molecule has 0 fully saturated rings. The number of rotatable bonds is 25. The highest BCUT2D eigenvalue weighted by Gasteiger charge is 2.38. The van der Waals surface area contributed by atoms with Gasteiger partial charge in [-0.25, -0.2) is 0 Å². The van der Waals surface area contributed by atoms with Crippen LogP contribution in [0.4, 0.5) is 46.3 Å². The van der Waals surface area contributed by atoms with E-state index in [-0.39, 0.29) is 160 Å². The molecule has 0 bridgehead atoms. The molecule has 4 aromatic heterocycles. The number of carbonyl (C=O) groups is 4. The number of nitrogens with zero attached hydrogens (tertiary/aromatic N) is 8. The van der Waals surface area contributed by atoms with Crippen molar-refractivity contribution in [3.8, 4) is 45.8 Å². The van der Waals surface area contributed by atoms with Crippen LogP contribution in [0.5, 0.6) is 23.5 Å². The predicted molar refractivity (Wildman–Crippen MR) is 504 cm³/mol. The molecule has 12 aromatic carbocycles. The standard InChI is InChI=1S/C89H61N13O20S4.4O3S/c1-101-66-33-31-63(73-75(66)71(59-19-8-10-21-61(59)81(73)105)77(83(101)107)79(103)47-14-4-3-5-15-47)92-53-26-35-68(125(115,116)117)52(39-53)44-70-95-85(98-88(96-70)121-55-28-23-46-13-6-7-16-48(46)40-55)90-37-38-91-86-97-87(100-89(99-86)122-56-29-24-50-42-58(124(112,113)114)30-25-49(50)41-56)93-54-27-36-69(126(118,119)120)65(45-54)94-64-32-34-67-76-72(60-20-9-11-22-62(60)82(106)74(64)76)78(84(108)102(67)2)80(104)51-17-12-18-57(43-51)123(109,110)111;4*1-4(2)3/h3-36,39-43,45,92,94H,37-38,44H2,1-2H3,(H,109,110,111)(H,112,113,114)(H,115,116,117)(H,118,119,120)(H,90,95,96,98)(H2,91,93,97,99,100);;;;. The van der Waals surface area contributed by atoms with Gasteiger partial charge in [0.1, 0.15) is 22.2 Å². The molecule has 0 radical (unpaired) electrons. The summed E-state index contributed by atoms with van der Waals surface area (Å²) >= 11 is 0. The summed E-state index contributed by atoms with van der Waals surface area (Å²) in [5.74, 6) is -2.91. The van der Waals surface area contributed by atoms with Gasteiger partial charge in [0, 0.05) is 89.1 Å². The first kappa shape index (κ1) is 101. The molecule has 0 saturated carbocycles. The first-order valence-electron chi connectivity index (χ1n) is 40.0. The Labute approximate surface area is 804 Å². The van der Waals surface area contributed by atoms with Crippen molar-refractivity contribution in [2.75, 3.05) is 39.7 Å². The Morgan fingerprint density at radius 3 is 1.29 bits per heavy atom. The second-order valence-corrected chi connectivity index (χ2v) is 37.2. The van der Waals surface area contributed by atoms with Crippen molar-refractivity contribution in [3.63, 3.8) is 0 Å². The Balaban J connectivity index is 0.000000933. The van der Waals surface area contributed by atoms with Gasteiger partial charge in [-0.15, -0.1) is 50.5 Å². The molecular formula is C89H61N13O32S8. The highest BCUT2D eigenvalue weighted by Crippen LogP contribution is 2.48. The molecule has 53 heteroatoms. The predicted octanol–water partition coefficient (Wildman–Crippen LogP) is 9.85. The second-order valence-electron chi connectivity index (χ2n) is 30.0. The second kappa shape index (κ2) is 41.3. The average molecular weight is 2080 g/mol. The summed E-state index contributed by atoms with van der Waals surface area (Å²) in [6, 6.07) is 59.3. The number of hydrogen-bond donors (Lipinski definition) is 9. The van der Waals surface area contributed by atoms with Crippen molar-refractivity contribution in [2.45, 2.75) is 26.0 Å². The summed E-state index contributed by atoms with van der Waals surface area (Å²) in [4.78, 5) is 114. The van der Waals surface area contributed by atoms with Gasteiger partial charge in [0.2, 0.25) is 17.8 Å². The fraction of sp³-hybridized carbons (Fsp3) is 0.0562. The van der Waals surface area contributed by atoms with Gasteiger partial charge < -0.3 is 45.2 Å². The monoisotopic (exact) mass is 2080 g/mol. The lowest BCUT2D eigenvalue weighted by atomic mass is 9.80. The number of benzene rings is 12. The van der Waals surface area contributed by atoms with Gasteiger partial charge >= 0.3 is 54.5 Å². The highest BCUT2D eigenvalue weighted by atomic mass is 32.2. The molecule has 0 aliphatic heterocycles. The maximum atomic E-state index is 15.1. The zero-order valence-corrected chi connectivity index (χ0v) is 78.3. The minimum atomic E-state index is -5.15. The number of ketones is 4. The van der Waals surface area contributed by atoms with Gasteiger partial charge in [0.05, 0.1) is 65.0 Å². The van der Waals surface area contributed by atoms with Gasteiger partial charge in [-0.3, -0.25) is 47.0 Å². The number of ether oxygens (including phenoxy) is 2. The van der Waals surface area contributed by atoms with E-state index in [1.807, 2.05) is 30.3 Å². The van der Waals surface area contributed by atoms with Crippen molar-refractivity contribution >= 4 is 196 Å². The van der Waals surface area contributed by atoms with E-state index in [0.717, 1.165) is 39.6 Å². The van der Waals surface area contributed by atoms with E-state index in [1.165, 1.54) is 116 Å². The largest absolute Gasteiger partial charge is 0.425 e. The summed E-state index contributed by atoms with van der Waals surface area (Å²) in [6.07, 6.45) is -0.429. The fourth-order valence-corrected chi connectivity index (χ4v) is 18.0. The van der Waals surface area contributed by atoms with Crippen LogP contribution in [0.15, 0.2) is 272 Å². The molecule has 2 aliphatic carbocycles. The highest BCUT2D eigenvalue weighted by molar-refractivity contribution is 7.86. The van der Waals surface area contributed by atoms with E-state index in [2.05, 4.69) is 51.5 Å². The van der Waals surface area contributed by atoms with Gasteiger partial charge in [-0.1, -0.05) is 133 Å². The lowest BCUT2D eigenvalue weighted by Crippen LogP contribution is -2.29. The van der Waals surface area contributed by atoms with E-state index < -0.39 is 144 Å². The van der Waals surface area contributed by atoms with E-state index in [0.29, 0.717) is 33.0 Å². The van der Waals surface area contributed by atoms with Crippen molar-refractivity contribution < 1.29 is 131 Å². The summed E-state index contributed by atoms with van der Waals surface area (Å²) < 4.78 is 260. The first-order valence-corrected chi connectivity index (χ1v) is 49.8. The molecule has 0 saturated heterocycles. The van der Waals surface area contributed by atoms with Crippen LogP contribution in [-0.2, 0) is 103 Å². The smallest absolute Gasteiger partial charge is 0.424 e. The molecule has 0 spiro atoms. The normalized spacial score (nSPS) is 11.7. The summed E-state index contributed by atoms with van der Waals surface area (Å²) in [5.41, 5.74) is -0.794. The van der Waals surface area contributed by atoms with Crippen LogP contribution in [0.25, 0.3) is 65.6 Å². The van der Waals surface area contributed by atoms with E-state index >= 15 is 4.79 Å². The van der Waals surface area contributed by atoms with Crippen LogP contribution in [0.3, 0.4) is 0 Å². The molecule has 0 atom stereocenters. The van der Waals surface area contributed by atoms with Crippen molar-refractivity contribution in [1.82, 2.24) is 39.0 Å². The average Bonchev–Trinajstić information content (AvgIpc) is 0.707. The summed E-state index contributed by atoms with van der Waals surface area (Å²) in [7, 11) is -29.2. The van der Waals surface area contributed by atoms with Crippen LogP contribution in [0.2, 0.25) is 0 Å². The van der Waals surface area contributed by atoms with Crippen molar-refractivity contribution in [1.29, 1.82) is 0 Å². The number of anilines is 8. The lowest BCUT2D eigenvalue weighted by Gasteiger charge is -2.26. The molecule has 0 amide bonds. The van der Waals surface area contributed by atoms with Crippen molar-refractivity contribution in [2.24, 2.45) is 14.1 Å². The minimum Gasteiger partial charge on any atom is -0.424 e. The third kappa shape index (κ3) is 22.7. The molecular weight excluding hydrogens is 2020 g/mol. The minimum absolute atomic E-state index is 0.00651. The van der Waals surface area contributed by atoms with Crippen LogP contribution >= 0.6 is 0 Å². The maximum absolute atomic E-state index is 15.1. The quantitative estimate of drug-likeness (QED) is 0.0146. The molecule has 0 unspecified atom stereocenters. The maximum Gasteiger partial charge on any atom is 0.425 e. The summed E-state index contributed by atoms with van der Waals surface area (Å²) in [6.45, 7) is -0.173. The Morgan fingerprint density at radius 2 is 0.768 bits per heavy atom. The van der Waals surface area contributed by atoms with Crippen molar-refractivity contribution in [3.05, 3.63) is 319 Å². The van der Waals surface area contributed by atoms with Crippen LogP contribution in [0, 0.1) is 0 Å². The molecule has 722 valence electrons. The Bertz CT molecular complexity index is 9110. The molecule has 4 heterocycles. The Kier molecular flexibility index (Phi) is 29.4. The number of carbonyl (C=O) groups excluding carboxylic acids is 4. The number of nitrogens with one attached hydrogen (secondary N) is 5. The summed E-state index contributed by atoms with van der Waals surface area (Å²) in [5, 5.41) is 18.4. The SMILES string of the molecule is Cn1c(=O)c(C(=O)c2ccccc2)c2c3c(c(Nc4ccc(S(=O)(=O)O)c(Cc5nc(NCCNc6nc(Nc7ccc(S(=O)(=O)O)c(Nc8ccc9c%10c8C(=O)c8ccccc8-c%10c(C(=O)c8cccc(S(=O)(=O)O)c8)c(=O)n9C)c7)nc(Oc7ccc8cc(S(=O)(=O)O)ccc8c7)n6)nc(Oc6ccc7ccccc7c6)n5)c4)ccc31)C(=O)c1ccccc1-2.O=S(=O)=O.O=S(=O)=O.O=S(=O)=O.O=S(=O)=O. The molecule has 16 aromatic rings. The van der Waals surface area contributed by atoms with Gasteiger partial charge in [-0.05, 0) is 147 Å². The molecule has 45 nitrogen and oxygen atoms in total. The molecule has 18 rings (SSSR count). The van der Waals surface area contributed by atoms with E-state index in [4.69, 9.17) is 65.0 Å². The Hall–Kier alpha value is -17.0. The topological polar surface area (TPSA) is 691 Å². The van der Waals surface area contributed by atoms with Gasteiger partial charge in [0.15, 0.2) is 23.1 Å². The number of hydrogen-bond acceptors (Lipinski definition) is 39. The molecule has 9 N–H and O–H groups in total. The third-order valence-electron chi connectivity index (χ3n) is 21.3. The van der Waals surface area contributed by atoms with Gasteiger partial charge in [0.25, 0.3) is 51.6 Å². The number of aromatic nitrogens is 8. The Morgan fingerprint density at radius 1 is 0.352 bits per heavy atom. The number of pyridine rings is 2. The zero-order valence-electron chi connectivity index (χ0n) is 71.8. The van der Waals surface area contributed by atoms with Gasteiger partial charge in [-0.2, -0.15) is 63.6 Å².